The Morgan fingerprint density at radius 1 is 1.10 bits per heavy atom. The van der Waals surface area contributed by atoms with E-state index in [1.54, 1.807) is 19.5 Å². The summed E-state index contributed by atoms with van der Waals surface area (Å²) in [5.41, 5.74) is 1.50. The number of rotatable bonds is 3. The van der Waals surface area contributed by atoms with Crippen LogP contribution < -0.4 is 5.32 Å². The van der Waals surface area contributed by atoms with Crippen LogP contribution in [0.3, 0.4) is 0 Å². The zero-order valence-electron chi connectivity index (χ0n) is 11.7. The fourth-order valence-electron chi connectivity index (χ4n) is 2.85. The third-order valence-electron chi connectivity index (χ3n) is 3.92. The number of anilines is 1. The highest BCUT2D eigenvalue weighted by atomic mass is 16.5. The summed E-state index contributed by atoms with van der Waals surface area (Å²) in [5.74, 6) is 0.854. The predicted molar refractivity (Wildman–Crippen MR) is 78.6 cm³/mol. The van der Waals surface area contributed by atoms with Crippen molar-refractivity contribution < 1.29 is 4.74 Å². The average molecular weight is 272 g/mol. The molecule has 106 valence electrons. The molecule has 1 aliphatic carbocycles. The largest absolute Gasteiger partial charge is 0.379 e. The molecule has 1 saturated carbocycles. The van der Waals surface area contributed by atoms with E-state index in [1.165, 1.54) is 19.3 Å². The molecule has 2 atom stereocenters. The Hall–Kier alpha value is -1.75. The van der Waals surface area contributed by atoms with Crippen LogP contribution in [0.15, 0.2) is 24.5 Å². The van der Waals surface area contributed by atoms with Gasteiger partial charge in [0, 0.05) is 19.5 Å². The molecule has 5 heteroatoms. The Kier molecular flexibility index (Phi) is 4.06. The maximum atomic E-state index is 5.63. The minimum absolute atomic E-state index is 0.261. The summed E-state index contributed by atoms with van der Waals surface area (Å²) in [7, 11) is 1.80. The summed E-state index contributed by atoms with van der Waals surface area (Å²) in [6.07, 6.45) is 9.62. The molecule has 0 bridgehead atoms. The second kappa shape index (κ2) is 6.13. The number of methoxy groups -OCH3 is 1. The van der Waals surface area contributed by atoms with E-state index in [9.17, 15) is 0 Å². The zero-order chi connectivity index (χ0) is 13.8. The Balaban J connectivity index is 1.80. The molecule has 0 saturated heterocycles. The molecule has 1 N–H and O–H groups in total. The van der Waals surface area contributed by atoms with Crippen LogP contribution in [0.5, 0.6) is 0 Å². The van der Waals surface area contributed by atoms with Crippen LogP contribution in [0.4, 0.5) is 5.82 Å². The maximum absolute atomic E-state index is 5.63. The molecule has 2 aromatic rings. The molecule has 20 heavy (non-hydrogen) atoms. The lowest BCUT2D eigenvalue weighted by atomic mass is 10.1. The smallest absolute Gasteiger partial charge is 0.180 e. The molecule has 0 aromatic carbocycles. The van der Waals surface area contributed by atoms with Crippen LogP contribution in [-0.4, -0.2) is 34.2 Å². The van der Waals surface area contributed by atoms with Crippen LogP contribution in [0, 0.1) is 0 Å². The van der Waals surface area contributed by atoms with E-state index in [2.05, 4.69) is 20.3 Å². The highest BCUT2D eigenvalue weighted by molar-refractivity contribution is 5.71. The van der Waals surface area contributed by atoms with E-state index in [1.807, 2.05) is 12.1 Å². The van der Waals surface area contributed by atoms with Crippen molar-refractivity contribution in [3.05, 3.63) is 24.5 Å². The Bertz CT molecular complexity index is 575. The van der Waals surface area contributed by atoms with E-state index < -0.39 is 0 Å². The SMILES string of the molecule is CO[C@@H]1CCCCC[C@@H]1Nc1ccc2nccnc2n1. The molecule has 5 nitrogen and oxygen atoms in total. The van der Waals surface area contributed by atoms with E-state index >= 15 is 0 Å². The van der Waals surface area contributed by atoms with Crippen molar-refractivity contribution in [2.75, 3.05) is 12.4 Å². The first kappa shape index (κ1) is 13.2. The van der Waals surface area contributed by atoms with Gasteiger partial charge in [0.15, 0.2) is 5.65 Å². The van der Waals surface area contributed by atoms with E-state index in [0.29, 0.717) is 11.7 Å². The van der Waals surface area contributed by atoms with Crippen LogP contribution in [0.25, 0.3) is 11.2 Å². The predicted octanol–water partition coefficient (Wildman–Crippen LogP) is 2.78. The first-order valence-electron chi connectivity index (χ1n) is 7.24. The Labute approximate surface area is 118 Å². The third kappa shape index (κ3) is 2.88. The van der Waals surface area contributed by atoms with Crippen molar-refractivity contribution in [2.45, 2.75) is 44.2 Å². The van der Waals surface area contributed by atoms with E-state index in [-0.39, 0.29) is 6.10 Å². The molecular weight excluding hydrogens is 252 g/mol. The minimum atomic E-state index is 0.261. The molecule has 3 rings (SSSR count). The standard InChI is InChI=1S/C15H20N4O/c1-20-13-6-4-2-3-5-11(13)18-14-8-7-12-15(19-14)17-10-9-16-12/h7-11,13H,2-6H2,1H3,(H,17,18,19)/t11-,13+/m0/s1. The van der Waals surface area contributed by atoms with Crippen molar-refractivity contribution in [1.29, 1.82) is 0 Å². The lowest BCUT2D eigenvalue weighted by Gasteiger charge is -2.25. The maximum Gasteiger partial charge on any atom is 0.180 e. The number of fused-ring (bicyclic) bond motifs is 1. The van der Waals surface area contributed by atoms with Crippen molar-refractivity contribution >= 4 is 17.0 Å². The van der Waals surface area contributed by atoms with Crippen LogP contribution >= 0.6 is 0 Å². The molecule has 0 unspecified atom stereocenters. The van der Waals surface area contributed by atoms with Gasteiger partial charge in [0.05, 0.1) is 12.1 Å². The van der Waals surface area contributed by atoms with Gasteiger partial charge in [0.2, 0.25) is 0 Å². The van der Waals surface area contributed by atoms with Crippen molar-refractivity contribution in [3.8, 4) is 0 Å². The molecule has 0 radical (unpaired) electrons. The summed E-state index contributed by atoms with van der Waals surface area (Å²) >= 11 is 0. The molecule has 2 aromatic heterocycles. The lowest BCUT2D eigenvalue weighted by Crippen LogP contribution is -2.34. The fraction of sp³-hybridized carbons (Fsp3) is 0.533. The normalized spacial score (nSPS) is 23.4. The number of nitrogens with one attached hydrogen (secondary N) is 1. The van der Waals surface area contributed by atoms with Crippen molar-refractivity contribution in [2.24, 2.45) is 0 Å². The molecule has 0 aliphatic heterocycles. The van der Waals surface area contributed by atoms with Gasteiger partial charge in [-0.15, -0.1) is 0 Å². The summed E-state index contributed by atoms with van der Waals surface area (Å²) in [5, 5.41) is 3.51. The molecule has 1 aliphatic rings. The Morgan fingerprint density at radius 2 is 1.95 bits per heavy atom. The summed E-state index contributed by atoms with van der Waals surface area (Å²) < 4.78 is 5.63. The van der Waals surface area contributed by atoms with Gasteiger partial charge in [-0.1, -0.05) is 19.3 Å². The number of nitrogens with zero attached hydrogens (tertiary/aromatic N) is 3. The van der Waals surface area contributed by atoms with Gasteiger partial charge in [0.25, 0.3) is 0 Å². The monoisotopic (exact) mass is 272 g/mol. The van der Waals surface area contributed by atoms with Gasteiger partial charge in [-0.2, -0.15) is 0 Å². The lowest BCUT2D eigenvalue weighted by molar-refractivity contribution is 0.0805. The molecule has 0 amide bonds. The summed E-state index contributed by atoms with van der Waals surface area (Å²) in [6, 6.07) is 4.24. The van der Waals surface area contributed by atoms with Gasteiger partial charge in [-0.3, -0.25) is 4.98 Å². The quantitative estimate of drug-likeness (QED) is 0.871. The number of hydrogen-bond donors (Lipinski definition) is 1. The zero-order valence-corrected chi connectivity index (χ0v) is 11.7. The van der Waals surface area contributed by atoms with Crippen molar-refractivity contribution in [1.82, 2.24) is 15.0 Å². The molecule has 2 heterocycles. The summed E-state index contributed by atoms with van der Waals surface area (Å²) in [4.78, 5) is 13.0. The average Bonchev–Trinajstić information content (AvgIpc) is 2.72. The minimum Gasteiger partial charge on any atom is -0.379 e. The fourth-order valence-corrected chi connectivity index (χ4v) is 2.85. The number of aromatic nitrogens is 3. The second-order valence-electron chi connectivity index (χ2n) is 5.26. The van der Waals surface area contributed by atoms with Gasteiger partial charge >= 0.3 is 0 Å². The van der Waals surface area contributed by atoms with E-state index in [4.69, 9.17) is 4.74 Å². The van der Waals surface area contributed by atoms with Gasteiger partial charge < -0.3 is 10.1 Å². The first-order valence-corrected chi connectivity index (χ1v) is 7.24. The van der Waals surface area contributed by atoms with Crippen molar-refractivity contribution in [3.63, 3.8) is 0 Å². The second-order valence-corrected chi connectivity index (χ2v) is 5.26. The number of hydrogen-bond acceptors (Lipinski definition) is 5. The van der Waals surface area contributed by atoms with Crippen LogP contribution in [0.2, 0.25) is 0 Å². The van der Waals surface area contributed by atoms with Crippen LogP contribution in [0.1, 0.15) is 32.1 Å². The highest BCUT2D eigenvalue weighted by Crippen LogP contribution is 2.23. The van der Waals surface area contributed by atoms with Gasteiger partial charge in [-0.05, 0) is 25.0 Å². The molecule has 0 spiro atoms. The number of pyridine rings is 1. The Morgan fingerprint density at radius 3 is 2.85 bits per heavy atom. The molecule has 1 fully saturated rings. The van der Waals surface area contributed by atoms with E-state index in [0.717, 1.165) is 24.2 Å². The first-order chi connectivity index (χ1) is 9.86. The third-order valence-corrected chi connectivity index (χ3v) is 3.92. The number of ether oxygens (including phenoxy) is 1. The van der Waals surface area contributed by atoms with Crippen LogP contribution in [-0.2, 0) is 4.74 Å². The van der Waals surface area contributed by atoms with Gasteiger partial charge in [0.1, 0.15) is 11.3 Å². The highest BCUT2D eigenvalue weighted by Gasteiger charge is 2.23. The summed E-state index contributed by atoms with van der Waals surface area (Å²) in [6.45, 7) is 0. The molecular formula is C15H20N4O. The topological polar surface area (TPSA) is 59.9 Å². The van der Waals surface area contributed by atoms with Gasteiger partial charge in [-0.25, -0.2) is 9.97 Å².